The van der Waals surface area contributed by atoms with Gasteiger partial charge in [-0.05, 0) is 30.4 Å². The molecule has 0 aliphatic carbocycles. The molecule has 144 valence electrons. The van der Waals surface area contributed by atoms with Crippen LogP contribution in [0.4, 0.5) is 10.5 Å². The van der Waals surface area contributed by atoms with Gasteiger partial charge >= 0.3 is 6.09 Å². The molecule has 8 nitrogen and oxygen atoms in total. The monoisotopic (exact) mass is 373 g/mol. The van der Waals surface area contributed by atoms with E-state index in [0.29, 0.717) is 23.8 Å². The number of carboxylic acid groups (broad SMARTS) is 1. The molecule has 3 rings (SSSR count). The highest BCUT2D eigenvalue weighted by Crippen LogP contribution is 2.45. The minimum Gasteiger partial charge on any atom is -0.465 e. The second kappa shape index (κ2) is 6.29. The summed E-state index contributed by atoms with van der Waals surface area (Å²) in [4.78, 5) is 38.2. The Morgan fingerprint density at radius 2 is 1.93 bits per heavy atom. The average molecular weight is 373 g/mol. The lowest BCUT2D eigenvalue weighted by Gasteiger charge is -2.45. The molecule has 3 amide bonds. The van der Waals surface area contributed by atoms with E-state index in [1.54, 1.807) is 24.3 Å². The van der Waals surface area contributed by atoms with Gasteiger partial charge in [0.25, 0.3) is 11.8 Å². The van der Waals surface area contributed by atoms with Gasteiger partial charge in [-0.25, -0.2) is 4.79 Å². The van der Waals surface area contributed by atoms with Crippen molar-refractivity contribution in [2.24, 2.45) is 11.1 Å². The molecule has 8 heteroatoms. The zero-order valence-electron chi connectivity index (χ0n) is 15.5. The number of rotatable bonds is 3. The summed E-state index contributed by atoms with van der Waals surface area (Å²) in [7, 11) is 0. The summed E-state index contributed by atoms with van der Waals surface area (Å²) in [6, 6.07) is 6.85. The van der Waals surface area contributed by atoms with E-state index in [1.165, 1.54) is 4.90 Å². The number of amides is 3. The lowest BCUT2D eigenvalue weighted by molar-refractivity contribution is -0.131. The normalized spacial score (nSPS) is 20.0. The molecule has 4 N–H and O–H groups in total. The predicted molar refractivity (Wildman–Crippen MR) is 99.5 cm³/mol. The molecule has 1 atom stereocenters. The van der Waals surface area contributed by atoms with Gasteiger partial charge in [0.1, 0.15) is 16.8 Å². The third-order valence-corrected chi connectivity index (χ3v) is 5.29. The van der Waals surface area contributed by atoms with Gasteiger partial charge in [0, 0.05) is 11.9 Å². The highest BCUT2D eigenvalue weighted by atomic mass is 16.4. The number of nitrogens with zero attached hydrogens (tertiary/aromatic N) is 1. The zero-order valence-corrected chi connectivity index (χ0v) is 15.5. The van der Waals surface area contributed by atoms with Crippen LogP contribution in [0, 0.1) is 5.41 Å². The van der Waals surface area contributed by atoms with Crippen LogP contribution in [0.3, 0.4) is 0 Å². The van der Waals surface area contributed by atoms with E-state index >= 15 is 0 Å². The Morgan fingerprint density at radius 3 is 2.52 bits per heavy atom. The van der Waals surface area contributed by atoms with Gasteiger partial charge in [0.15, 0.2) is 0 Å². The Morgan fingerprint density at radius 1 is 1.26 bits per heavy atom. The van der Waals surface area contributed by atoms with Gasteiger partial charge in [-0.3, -0.25) is 14.5 Å². The number of fused-ring (bicyclic) bond motifs is 1. The van der Waals surface area contributed by atoms with Crippen LogP contribution < -0.4 is 11.1 Å². The number of hydrogen-bond acceptors (Lipinski definition) is 4. The van der Waals surface area contributed by atoms with Gasteiger partial charge in [-0.2, -0.15) is 0 Å². The van der Waals surface area contributed by atoms with Gasteiger partial charge in [0.2, 0.25) is 5.76 Å². The van der Waals surface area contributed by atoms with Crippen molar-refractivity contribution in [3.63, 3.8) is 0 Å². The molecule has 0 spiro atoms. The number of likely N-dealkylation sites (tertiary alicyclic amines) is 1. The van der Waals surface area contributed by atoms with Crippen molar-refractivity contribution in [3.8, 4) is 0 Å². The largest absolute Gasteiger partial charge is 0.465 e. The van der Waals surface area contributed by atoms with Gasteiger partial charge in [-0.15, -0.1) is 0 Å². The summed E-state index contributed by atoms with van der Waals surface area (Å²) >= 11 is 0. The van der Waals surface area contributed by atoms with Crippen LogP contribution in [-0.4, -0.2) is 40.0 Å². The van der Waals surface area contributed by atoms with Crippen molar-refractivity contribution in [3.05, 3.63) is 30.0 Å². The molecule has 1 saturated heterocycles. The fourth-order valence-electron chi connectivity index (χ4n) is 3.99. The van der Waals surface area contributed by atoms with Gasteiger partial charge in [-0.1, -0.05) is 32.9 Å². The van der Waals surface area contributed by atoms with Crippen molar-refractivity contribution in [2.75, 3.05) is 11.9 Å². The smallest absolute Gasteiger partial charge is 0.408 e. The number of nitrogens with two attached hydrogens (primary N) is 1. The van der Waals surface area contributed by atoms with E-state index in [9.17, 15) is 19.5 Å². The lowest BCUT2D eigenvalue weighted by Crippen LogP contribution is -2.62. The second-order valence-electron chi connectivity index (χ2n) is 7.77. The first kappa shape index (κ1) is 18.8. The number of carbonyl (C=O) groups excluding carboxylic acids is 2. The first-order chi connectivity index (χ1) is 12.6. The Hall–Kier alpha value is -3.03. The van der Waals surface area contributed by atoms with Crippen molar-refractivity contribution in [1.82, 2.24) is 4.90 Å². The van der Waals surface area contributed by atoms with E-state index in [1.807, 2.05) is 20.8 Å². The third-order valence-electron chi connectivity index (χ3n) is 5.29. The number of primary amides is 1. The number of benzene rings is 1. The fourth-order valence-corrected chi connectivity index (χ4v) is 3.99. The van der Waals surface area contributed by atoms with E-state index < -0.39 is 28.9 Å². The molecule has 1 aliphatic rings. The molecule has 0 unspecified atom stereocenters. The average Bonchev–Trinajstić information content (AvgIpc) is 3.17. The molecule has 2 heterocycles. The molecule has 1 aromatic carbocycles. The molecule has 1 fully saturated rings. The standard InChI is InChI=1S/C19H23N3O5/c1-18(2,3)19(9-6-10-22(19)17(25)26)16(24)21-13-11-7-4-5-8-12(11)27-14(13)15(20)23/h4-5,7-8H,6,9-10H2,1-3H3,(H2,20,23)(H,21,24)(H,25,26)/t19-/m1/s1. The van der Waals surface area contributed by atoms with Crippen LogP contribution in [0.25, 0.3) is 11.0 Å². The first-order valence-corrected chi connectivity index (χ1v) is 8.73. The number of para-hydroxylation sites is 1. The Labute approximate surface area is 156 Å². The molecule has 0 bridgehead atoms. The van der Waals surface area contributed by atoms with Crippen LogP contribution in [0.15, 0.2) is 28.7 Å². The number of nitrogens with one attached hydrogen (secondary N) is 1. The van der Waals surface area contributed by atoms with E-state index in [2.05, 4.69) is 5.32 Å². The topological polar surface area (TPSA) is 126 Å². The van der Waals surface area contributed by atoms with Gasteiger partial charge in [0.05, 0.1) is 0 Å². The van der Waals surface area contributed by atoms with Crippen LogP contribution >= 0.6 is 0 Å². The highest BCUT2D eigenvalue weighted by Gasteiger charge is 2.57. The number of anilines is 1. The van der Waals surface area contributed by atoms with Crippen LogP contribution in [-0.2, 0) is 4.79 Å². The minimum absolute atomic E-state index is 0.159. The maximum Gasteiger partial charge on any atom is 0.408 e. The maximum atomic E-state index is 13.4. The highest BCUT2D eigenvalue weighted by molar-refractivity contribution is 6.12. The van der Waals surface area contributed by atoms with E-state index in [0.717, 1.165) is 0 Å². The molecule has 0 saturated carbocycles. The molecule has 1 aliphatic heterocycles. The summed E-state index contributed by atoms with van der Waals surface area (Å²) in [6.45, 7) is 5.76. The number of furan rings is 1. The van der Waals surface area contributed by atoms with E-state index in [-0.39, 0.29) is 18.0 Å². The summed E-state index contributed by atoms with van der Waals surface area (Å²) < 4.78 is 5.50. The Kier molecular flexibility index (Phi) is 4.37. The number of carbonyl (C=O) groups is 3. The van der Waals surface area contributed by atoms with Crippen LogP contribution in [0.1, 0.15) is 44.2 Å². The fraction of sp³-hybridized carbons (Fsp3) is 0.421. The molecule has 0 radical (unpaired) electrons. The minimum atomic E-state index is -1.27. The number of hydrogen-bond donors (Lipinski definition) is 3. The Bertz CT molecular complexity index is 927. The SMILES string of the molecule is CC(C)(C)[C@]1(C(=O)Nc2c(C(N)=O)oc3ccccc23)CCCN1C(=O)O. The Balaban J connectivity index is 2.11. The quantitative estimate of drug-likeness (QED) is 0.762. The third kappa shape index (κ3) is 2.81. The molecular weight excluding hydrogens is 350 g/mol. The predicted octanol–water partition coefficient (Wildman–Crippen LogP) is 3.03. The summed E-state index contributed by atoms with van der Waals surface area (Å²) in [6.07, 6.45) is -0.188. The summed E-state index contributed by atoms with van der Waals surface area (Å²) in [5.74, 6) is -1.47. The van der Waals surface area contributed by atoms with E-state index in [4.69, 9.17) is 10.2 Å². The zero-order chi connectivity index (χ0) is 20.0. The summed E-state index contributed by atoms with van der Waals surface area (Å²) in [5.41, 5.74) is 4.05. The van der Waals surface area contributed by atoms with Crippen molar-refractivity contribution in [2.45, 2.75) is 39.2 Å². The van der Waals surface area contributed by atoms with Gasteiger partial charge < -0.3 is 20.6 Å². The first-order valence-electron chi connectivity index (χ1n) is 8.73. The van der Waals surface area contributed by atoms with Crippen molar-refractivity contribution in [1.29, 1.82) is 0 Å². The molecular formula is C19H23N3O5. The maximum absolute atomic E-state index is 13.4. The molecule has 1 aromatic heterocycles. The van der Waals surface area contributed by atoms with Crippen molar-refractivity contribution < 1.29 is 23.9 Å². The second-order valence-corrected chi connectivity index (χ2v) is 7.77. The van der Waals surface area contributed by atoms with Crippen LogP contribution in [0.5, 0.6) is 0 Å². The lowest BCUT2D eigenvalue weighted by atomic mass is 9.71. The summed E-state index contributed by atoms with van der Waals surface area (Å²) in [5, 5.41) is 12.9. The molecule has 2 aromatic rings. The van der Waals surface area contributed by atoms with Crippen LogP contribution in [0.2, 0.25) is 0 Å². The molecule has 27 heavy (non-hydrogen) atoms. The van der Waals surface area contributed by atoms with Crippen molar-refractivity contribution >= 4 is 34.6 Å².